The number of aryl methyl sites for hydroxylation is 4. The van der Waals surface area contributed by atoms with Crippen molar-refractivity contribution in [3.05, 3.63) is 50.5 Å². The van der Waals surface area contributed by atoms with Crippen LogP contribution in [0.5, 0.6) is 0 Å². The lowest BCUT2D eigenvalue weighted by Gasteiger charge is -2.07. The van der Waals surface area contributed by atoms with Crippen LogP contribution in [0.25, 0.3) is 0 Å². The fourth-order valence-electron chi connectivity index (χ4n) is 1.80. The van der Waals surface area contributed by atoms with Crippen molar-refractivity contribution in [3.63, 3.8) is 0 Å². The van der Waals surface area contributed by atoms with Crippen molar-refractivity contribution in [1.82, 2.24) is 4.98 Å². The molecular weight excluding hydrogens is 230 g/mol. The summed E-state index contributed by atoms with van der Waals surface area (Å²) in [7, 11) is 0. The first-order valence-corrected chi connectivity index (χ1v) is 6.35. The smallest absolute Gasteiger partial charge is 0.204 e. The van der Waals surface area contributed by atoms with E-state index >= 15 is 0 Å². The first kappa shape index (κ1) is 12.0. The molecule has 0 bridgehead atoms. The summed E-state index contributed by atoms with van der Waals surface area (Å²) in [6, 6.07) is 4.04. The third kappa shape index (κ3) is 2.29. The van der Waals surface area contributed by atoms with Crippen LogP contribution >= 0.6 is 11.3 Å². The zero-order chi connectivity index (χ0) is 12.6. The fourth-order valence-corrected chi connectivity index (χ4v) is 2.54. The number of hydrogen-bond donors (Lipinski definition) is 0. The van der Waals surface area contributed by atoms with Crippen LogP contribution in [0.1, 0.15) is 36.9 Å². The summed E-state index contributed by atoms with van der Waals surface area (Å²) in [6.45, 7) is 7.99. The Hall–Kier alpha value is -1.48. The number of nitrogens with zero attached hydrogens (tertiary/aromatic N) is 1. The van der Waals surface area contributed by atoms with Gasteiger partial charge in [-0.15, -0.1) is 11.3 Å². The molecule has 0 saturated heterocycles. The predicted octanol–water partition coefficient (Wildman–Crippen LogP) is 3.61. The van der Waals surface area contributed by atoms with E-state index < -0.39 is 0 Å². The Labute approximate surface area is 105 Å². The minimum atomic E-state index is 0.0798. The van der Waals surface area contributed by atoms with E-state index in [1.807, 2.05) is 26.8 Å². The van der Waals surface area contributed by atoms with Crippen molar-refractivity contribution in [3.8, 4) is 0 Å². The quantitative estimate of drug-likeness (QED) is 0.756. The minimum Gasteiger partial charge on any atom is -0.288 e. The average Bonchev–Trinajstić information content (AvgIpc) is 2.69. The Kier molecular flexibility index (Phi) is 3.11. The molecule has 0 fully saturated rings. The van der Waals surface area contributed by atoms with Gasteiger partial charge in [-0.05, 0) is 50.5 Å². The number of thiazole rings is 1. The van der Waals surface area contributed by atoms with Gasteiger partial charge in [-0.1, -0.05) is 6.07 Å². The standard InChI is InChI=1S/C14H15NOS/c1-8-5-10(3)12(6-9(8)2)14(16)13-7-15-11(4)17-13/h5-7H,1-4H3. The molecule has 2 rings (SSSR count). The Balaban J connectivity index is 2.47. The summed E-state index contributed by atoms with van der Waals surface area (Å²) < 4.78 is 0. The Morgan fingerprint density at radius 3 is 2.29 bits per heavy atom. The molecule has 0 unspecified atom stereocenters. The highest BCUT2D eigenvalue weighted by atomic mass is 32.1. The normalized spacial score (nSPS) is 10.6. The van der Waals surface area contributed by atoms with Crippen LogP contribution < -0.4 is 0 Å². The summed E-state index contributed by atoms with van der Waals surface area (Å²) in [6.07, 6.45) is 1.66. The van der Waals surface area contributed by atoms with Gasteiger partial charge >= 0.3 is 0 Å². The molecule has 0 spiro atoms. The lowest BCUT2D eigenvalue weighted by atomic mass is 9.98. The first-order valence-electron chi connectivity index (χ1n) is 5.54. The third-order valence-electron chi connectivity index (χ3n) is 2.93. The zero-order valence-electron chi connectivity index (χ0n) is 10.5. The molecule has 0 aliphatic carbocycles. The van der Waals surface area contributed by atoms with Gasteiger partial charge in [-0.25, -0.2) is 4.98 Å². The number of carbonyl (C=O) groups is 1. The maximum absolute atomic E-state index is 12.3. The van der Waals surface area contributed by atoms with E-state index in [1.165, 1.54) is 16.9 Å². The van der Waals surface area contributed by atoms with Crippen LogP contribution in [0.4, 0.5) is 0 Å². The molecule has 1 heterocycles. The summed E-state index contributed by atoms with van der Waals surface area (Å²) in [5.41, 5.74) is 4.20. The van der Waals surface area contributed by atoms with Crippen molar-refractivity contribution in [2.45, 2.75) is 27.7 Å². The van der Waals surface area contributed by atoms with E-state index in [1.54, 1.807) is 6.20 Å². The molecule has 1 aromatic heterocycles. The van der Waals surface area contributed by atoms with Crippen molar-refractivity contribution in [2.24, 2.45) is 0 Å². The molecule has 2 nitrogen and oxygen atoms in total. The molecule has 2 aromatic rings. The van der Waals surface area contributed by atoms with E-state index in [4.69, 9.17) is 0 Å². The number of carbonyl (C=O) groups excluding carboxylic acids is 1. The van der Waals surface area contributed by atoms with Gasteiger partial charge in [0.1, 0.15) is 0 Å². The molecule has 0 amide bonds. The Morgan fingerprint density at radius 1 is 1.06 bits per heavy atom. The van der Waals surface area contributed by atoms with Crippen LogP contribution in [-0.2, 0) is 0 Å². The predicted molar refractivity (Wildman–Crippen MR) is 70.9 cm³/mol. The fraction of sp³-hybridized carbons (Fsp3) is 0.286. The maximum atomic E-state index is 12.3. The summed E-state index contributed by atoms with van der Waals surface area (Å²) in [5.74, 6) is 0.0798. The summed E-state index contributed by atoms with van der Waals surface area (Å²) in [5, 5.41) is 0.926. The van der Waals surface area contributed by atoms with Crippen LogP contribution in [0.2, 0.25) is 0 Å². The molecule has 0 aliphatic rings. The van der Waals surface area contributed by atoms with E-state index in [-0.39, 0.29) is 5.78 Å². The second-order valence-electron chi connectivity index (χ2n) is 4.32. The topological polar surface area (TPSA) is 30.0 Å². The zero-order valence-corrected chi connectivity index (χ0v) is 11.3. The number of benzene rings is 1. The van der Waals surface area contributed by atoms with Gasteiger partial charge in [0.2, 0.25) is 5.78 Å². The lowest BCUT2D eigenvalue weighted by Crippen LogP contribution is -2.03. The summed E-state index contributed by atoms with van der Waals surface area (Å²) >= 11 is 1.45. The van der Waals surface area contributed by atoms with E-state index in [0.29, 0.717) is 4.88 Å². The molecule has 3 heteroatoms. The van der Waals surface area contributed by atoms with Gasteiger partial charge in [-0.3, -0.25) is 4.79 Å². The minimum absolute atomic E-state index is 0.0798. The number of rotatable bonds is 2. The van der Waals surface area contributed by atoms with E-state index in [0.717, 1.165) is 21.7 Å². The second kappa shape index (κ2) is 4.41. The highest BCUT2D eigenvalue weighted by molar-refractivity contribution is 7.13. The molecule has 0 aliphatic heterocycles. The van der Waals surface area contributed by atoms with E-state index in [2.05, 4.69) is 18.0 Å². The van der Waals surface area contributed by atoms with Gasteiger partial charge in [0, 0.05) is 11.8 Å². The highest BCUT2D eigenvalue weighted by Crippen LogP contribution is 2.21. The van der Waals surface area contributed by atoms with Crippen molar-refractivity contribution < 1.29 is 4.79 Å². The van der Waals surface area contributed by atoms with Gasteiger partial charge in [0.15, 0.2) is 0 Å². The third-order valence-corrected chi connectivity index (χ3v) is 3.84. The second-order valence-corrected chi connectivity index (χ2v) is 5.56. The maximum Gasteiger partial charge on any atom is 0.204 e. The first-order chi connectivity index (χ1) is 7.99. The van der Waals surface area contributed by atoms with Gasteiger partial charge in [0.25, 0.3) is 0 Å². The molecule has 0 N–H and O–H groups in total. The monoisotopic (exact) mass is 245 g/mol. The SMILES string of the molecule is Cc1ncc(C(=O)c2cc(C)c(C)cc2C)s1. The molecule has 0 radical (unpaired) electrons. The van der Waals surface area contributed by atoms with Gasteiger partial charge in [0.05, 0.1) is 9.88 Å². The Bertz CT molecular complexity index is 584. The van der Waals surface area contributed by atoms with Crippen LogP contribution in [0.15, 0.2) is 18.3 Å². The lowest BCUT2D eigenvalue weighted by molar-refractivity contribution is 0.104. The Morgan fingerprint density at radius 2 is 1.71 bits per heavy atom. The van der Waals surface area contributed by atoms with Crippen molar-refractivity contribution in [1.29, 1.82) is 0 Å². The van der Waals surface area contributed by atoms with Gasteiger partial charge in [-0.2, -0.15) is 0 Å². The summed E-state index contributed by atoms with van der Waals surface area (Å²) in [4.78, 5) is 17.2. The highest BCUT2D eigenvalue weighted by Gasteiger charge is 2.15. The molecule has 17 heavy (non-hydrogen) atoms. The van der Waals surface area contributed by atoms with Crippen molar-refractivity contribution in [2.75, 3.05) is 0 Å². The number of hydrogen-bond acceptors (Lipinski definition) is 3. The van der Waals surface area contributed by atoms with Crippen LogP contribution in [0, 0.1) is 27.7 Å². The van der Waals surface area contributed by atoms with Gasteiger partial charge < -0.3 is 0 Å². The largest absolute Gasteiger partial charge is 0.288 e. The molecule has 0 saturated carbocycles. The molecule has 88 valence electrons. The van der Waals surface area contributed by atoms with Crippen LogP contribution in [-0.4, -0.2) is 10.8 Å². The van der Waals surface area contributed by atoms with Crippen molar-refractivity contribution >= 4 is 17.1 Å². The molecule has 0 atom stereocenters. The number of aromatic nitrogens is 1. The van der Waals surface area contributed by atoms with E-state index in [9.17, 15) is 4.79 Å². The molecule has 1 aromatic carbocycles. The van der Waals surface area contributed by atoms with Crippen LogP contribution in [0.3, 0.4) is 0 Å². The average molecular weight is 245 g/mol. The number of ketones is 1. The molecular formula is C14H15NOS.